The molecule has 5 rings (SSSR count). The van der Waals surface area contributed by atoms with Crippen LogP contribution in [0.3, 0.4) is 0 Å². The first kappa shape index (κ1) is 21.5. The van der Waals surface area contributed by atoms with Crippen LogP contribution in [0.25, 0.3) is 16.9 Å². The van der Waals surface area contributed by atoms with E-state index in [9.17, 15) is 13.6 Å². The third kappa shape index (κ3) is 4.58. The average Bonchev–Trinajstić information content (AvgIpc) is 3.46. The van der Waals surface area contributed by atoms with Gasteiger partial charge in [0.15, 0.2) is 0 Å². The van der Waals surface area contributed by atoms with Crippen molar-refractivity contribution >= 4 is 11.6 Å². The summed E-state index contributed by atoms with van der Waals surface area (Å²) in [6, 6.07) is 6.79. The van der Waals surface area contributed by atoms with Gasteiger partial charge < -0.3 is 19.5 Å². The molecular formula is C24H25F2N3O4. The monoisotopic (exact) mass is 457 g/mol. The number of ether oxygens (including phenoxy) is 3. The van der Waals surface area contributed by atoms with Crippen molar-refractivity contribution in [2.75, 3.05) is 13.7 Å². The summed E-state index contributed by atoms with van der Waals surface area (Å²) in [6.07, 6.45) is 8.86. The van der Waals surface area contributed by atoms with Crippen LogP contribution in [0.1, 0.15) is 42.5 Å². The molecule has 2 aliphatic rings. The third-order valence-electron chi connectivity index (χ3n) is 6.13. The molecule has 0 atom stereocenters. The number of carbonyl (C=O) groups is 1. The summed E-state index contributed by atoms with van der Waals surface area (Å²) in [4.78, 5) is 17.2. The zero-order valence-corrected chi connectivity index (χ0v) is 18.2. The summed E-state index contributed by atoms with van der Waals surface area (Å²) in [5, 5.41) is 2.80. The molecule has 0 bridgehead atoms. The van der Waals surface area contributed by atoms with Gasteiger partial charge in [0.1, 0.15) is 28.5 Å². The van der Waals surface area contributed by atoms with E-state index in [0.29, 0.717) is 29.4 Å². The molecule has 2 aliphatic carbocycles. The minimum Gasteiger partial charge on any atom is -0.496 e. The van der Waals surface area contributed by atoms with Gasteiger partial charge in [-0.05, 0) is 49.8 Å². The van der Waals surface area contributed by atoms with Gasteiger partial charge in [-0.1, -0.05) is 6.42 Å². The molecule has 1 aromatic carbocycles. The van der Waals surface area contributed by atoms with Gasteiger partial charge in [-0.2, -0.15) is 8.78 Å². The van der Waals surface area contributed by atoms with Gasteiger partial charge in [0.25, 0.3) is 5.91 Å². The Morgan fingerprint density at radius 3 is 2.67 bits per heavy atom. The number of aromatic nitrogens is 2. The molecule has 2 aromatic heterocycles. The van der Waals surface area contributed by atoms with E-state index < -0.39 is 12.5 Å². The number of hydrogen-bond acceptors (Lipinski definition) is 5. The Hall–Kier alpha value is -3.36. The maximum absolute atomic E-state index is 13.2. The summed E-state index contributed by atoms with van der Waals surface area (Å²) >= 11 is 0. The lowest BCUT2D eigenvalue weighted by atomic mass is 9.86. The number of rotatable bonds is 9. The molecule has 0 radical (unpaired) electrons. The van der Waals surface area contributed by atoms with Crippen molar-refractivity contribution < 1.29 is 27.8 Å². The molecule has 0 saturated heterocycles. The van der Waals surface area contributed by atoms with Crippen LogP contribution in [0.2, 0.25) is 0 Å². The topological polar surface area (TPSA) is 74.1 Å². The first-order valence-corrected chi connectivity index (χ1v) is 11.1. The van der Waals surface area contributed by atoms with Crippen LogP contribution in [0, 0.1) is 5.92 Å². The van der Waals surface area contributed by atoms with Crippen LogP contribution in [-0.2, 0) is 0 Å². The van der Waals surface area contributed by atoms with Crippen molar-refractivity contribution in [2.45, 2.75) is 44.8 Å². The number of pyridine rings is 1. The number of benzene rings is 1. The first-order chi connectivity index (χ1) is 16.0. The molecule has 1 amide bonds. The number of nitrogens with zero attached hydrogens (tertiary/aromatic N) is 2. The number of fused-ring (bicyclic) bond motifs is 1. The number of halogens is 2. The predicted octanol–water partition coefficient (Wildman–Crippen LogP) is 4.68. The van der Waals surface area contributed by atoms with Gasteiger partial charge in [-0.25, -0.2) is 4.98 Å². The summed E-state index contributed by atoms with van der Waals surface area (Å²) in [7, 11) is 1.39. The fraction of sp³-hybridized carbons (Fsp3) is 0.417. The van der Waals surface area contributed by atoms with Gasteiger partial charge in [0.2, 0.25) is 0 Å². The van der Waals surface area contributed by atoms with Crippen molar-refractivity contribution in [1.29, 1.82) is 0 Å². The molecule has 7 nitrogen and oxygen atoms in total. The van der Waals surface area contributed by atoms with E-state index in [1.54, 1.807) is 12.3 Å². The van der Waals surface area contributed by atoms with Crippen molar-refractivity contribution in [3.05, 3.63) is 42.2 Å². The highest BCUT2D eigenvalue weighted by Crippen LogP contribution is 2.37. The smallest absolute Gasteiger partial charge is 0.387 e. The Labute approximate surface area is 189 Å². The maximum atomic E-state index is 13.2. The highest BCUT2D eigenvalue weighted by Gasteiger charge is 2.29. The second-order valence-electron chi connectivity index (χ2n) is 8.52. The second-order valence-corrected chi connectivity index (χ2v) is 8.52. The van der Waals surface area contributed by atoms with E-state index in [4.69, 9.17) is 14.2 Å². The molecule has 0 unspecified atom stereocenters. The minimum absolute atomic E-state index is 0.0473. The number of methoxy groups -OCH3 is 1. The Balaban J connectivity index is 1.48. The predicted molar refractivity (Wildman–Crippen MR) is 117 cm³/mol. The zero-order chi connectivity index (χ0) is 22.9. The van der Waals surface area contributed by atoms with Crippen LogP contribution in [0.4, 0.5) is 8.78 Å². The molecule has 2 fully saturated rings. The van der Waals surface area contributed by atoms with Crippen LogP contribution in [0.15, 0.2) is 36.7 Å². The molecule has 1 N–H and O–H groups in total. The fourth-order valence-electron chi connectivity index (χ4n) is 3.94. The van der Waals surface area contributed by atoms with Gasteiger partial charge in [0.05, 0.1) is 25.6 Å². The maximum Gasteiger partial charge on any atom is 0.387 e. The SMILES string of the molecule is COc1cc(-c2cnc3cc(OCC4CCC4)ccn23)cc(OC(F)F)c1C(=O)NC1CC1. The molecule has 174 valence electrons. The molecule has 2 saturated carbocycles. The van der Waals surface area contributed by atoms with Crippen molar-refractivity contribution in [1.82, 2.24) is 14.7 Å². The summed E-state index contributed by atoms with van der Waals surface area (Å²) in [6.45, 7) is -2.39. The second kappa shape index (κ2) is 8.88. The molecule has 0 spiro atoms. The van der Waals surface area contributed by atoms with E-state index in [0.717, 1.165) is 18.6 Å². The molecular weight excluding hydrogens is 432 g/mol. The van der Waals surface area contributed by atoms with E-state index >= 15 is 0 Å². The fourth-order valence-corrected chi connectivity index (χ4v) is 3.94. The normalized spacial score (nSPS) is 16.0. The summed E-state index contributed by atoms with van der Waals surface area (Å²) in [5.41, 5.74) is 1.78. The number of amides is 1. The van der Waals surface area contributed by atoms with Crippen LogP contribution < -0.4 is 19.5 Å². The van der Waals surface area contributed by atoms with E-state index in [1.165, 1.54) is 32.4 Å². The highest BCUT2D eigenvalue weighted by atomic mass is 19.3. The van der Waals surface area contributed by atoms with Crippen molar-refractivity contribution in [2.24, 2.45) is 5.92 Å². The zero-order valence-electron chi connectivity index (χ0n) is 18.2. The van der Waals surface area contributed by atoms with E-state index in [2.05, 4.69) is 10.3 Å². The number of hydrogen-bond donors (Lipinski definition) is 1. The average molecular weight is 457 g/mol. The first-order valence-electron chi connectivity index (χ1n) is 11.1. The van der Waals surface area contributed by atoms with E-state index in [1.807, 2.05) is 22.7 Å². The van der Waals surface area contributed by atoms with Crippen LogP contribution >= 0.6 is 0 Å². The van der Waals surface area contributed by atoms with E-state index in [-0.39, 0.29) is 23.1 Å². The quantitative estimate of drug-likeness (QED) is 0.505. The highest BCUT2D eigenvalue weighted by molar-refractivity contribution is 6.01. The number of nitrogens with one attached hydrogen (secondary N) is 1. The Morgan fingerprint density at radius 1 is 1.21 bits per heavy atom. The third-order valence-corrected chi connectivity index (χ3v) is 6.13. The lowest BCUT2D eigenvalue weighted by Crippen LogP contribution is -2.26. The van der Waals surface area contributed by atoms with Crippen molar-refractivity contribution in [3.8, 4) is 28.5 Å². The molecule has 0 aliphatic heterocycles. The minimum atomic E-state index is -3.09. The largest absolute Gasteiger partial charge is 0.496 e. The van der Waals surface area contributed by atoms with Gasteiger partial charge >= 0.3 is 6.61 Å². The molecule has 2 heterocycles. The molecule has 33 heavy (non-hydrogen) atoms. The lowest BCUT2D eigenvalue weighted by Gasteiger charge is -2.25. The Morgan fingerprint density at radius 2 is 2.00 bits per heavy atom. The van der Waals surface area contributed by atoms with Crippen LogP contribution in [-0.4, -0.2) is 41.7 Å². The van der Waals surface area contributed by atoms with Crippen LogP contribution in [0.5, 0.6) is 17.2 Å². The van der Waals surface area contributed by atoms with Gasteiger partial charge in [-0.15, -0.1) is 0 Å². The Bertz CT molecular complexity index is 1170. The number of alkyl halides is 2. The number of carbonyl (C=O) groups excluding carboxylic acids is 1. The van der Waals surface area contributed by atoms with Crippen molar-refractivity contribution in [3.63, 3.8) is 0 Å². The van der Waals surface area contributed by atoms with Gasteiger partial charge in [0, 0.05) is 23.9 Å². The molecule has 9 heteroatoms. The Kier molecular flexibility index (Phi) is 5.78. The standard InChI is InChI=1S/C24H25F2N3O4/c1-31-19-9-15(10-20(33-24(25)26)22(19)23(30)28-16-5-6-16)18-12-27-21-11-17(7-8-29(18)21)32-13-14-3-2-4-14/h7-12,14,16,24H,2-6,13H2,1H3,(H,28,30). The number of imidazole rings is 1. The van der Waals surface area contributed by atoms with Gasteiger partial charge in [-0.3, -0.25) is 9.20 Å². The summed E-state index contributed by atoms with van der Waals surface area (Å²) in [5.74, 6) is 0.762. The lowest BCUT2D eigenvalue weighted by molar-refractivity contribution is -0.0502. The summed E-state index contributed by atoms with van der Waals surface area (Å²) < 4.78 is 44.2. The molecule has 3 aromatic rings.